The van der Waals surface area contributed by atoms with E-state index in [0.717, 1.165) is 89.8 Å². The minimum absolute atomic E-state index is 0. The number of benzene rings is 17. The van der Waals surface area contributed by atoms with E-state index >= 15 is 0 Å². The van der Waals surface area contributed by atoms with Crippen molar-refractivity contribution in [3.8, 4) is 34.5 Å². The number of rotatable bonds is 21. The quantitative estimate of drug-likeness (QED) is 0.0365. The normalized spacial score (nSPS) is 19.4. The number of anilines is 15. The Morgan fingerprint density at radius 2 is 0.394 bits per heavy atom. The van der Waals surface area contributed by atoms with Gasteiger partial charge in [-0.1, -0.05) is 274 Å². The number of fused-ring (bicyclic) bond motifs is 2. The maximum absolute atomic E-state index is 14.0. The Kier molecular flexibility index (Phi) is 28.5. The average molecular weight is 2010 g/mol. The van der Waals surface area contributed by atoms with E-state index in [9.17, 15) is 61.3 Å². The molecule has 0 aromatic heterocycles. The summed E-state index contributed by atoms with van der Waals surface area (Å²) in [5, 5.41) is 155. The van der Waals surface area contributed by atoms with E-state index in [4.69, 9.17) is 1.28 Å². The number of para-hydroxylation sites is 10. The van der Waals surface area contributed by atoms with Gasteiger partial charge in [-0.25, -0.2) is 0 Å². The molecule has 17 aromatic carbocycles. The number of nitrogens with zero attached hydrogens (tertiary/aromatic N) is 6. The molecule has 660 valence electrons. The van der Waals surface area contributed by atoms with Gasteiger partial charge in [0.1, 0.15) is 34.5 Å². The van der Waals surface area contributed by atoms with Crippen LogP contribution >= 0.6 is 7.30 Å². The van der Waals surface area contributed by atoms with Crippen molar-refractivity contribution >= 4 is 126 Å². The van der Waals surface area contributed by atoms with Crippen LogP contribution in [0.3, 0.4) is 0 Å². The topological polar surface area (TPSA) is 279 Å². The van der Waals surface area contributed by atoms with E-state index in [0.29, 0.717) is 17.1 Å². The molecular weight excluding hydrogens is 1910 g/mol. The SMILES string of the molecule is [2H][PH](C)=S.[O-]C1C(N(c2ccccc2)c2ccccc2)C([O-])C1N(c1ccccc1)c1ccccc1.[O-]C1C(c2c(O)cc(N(c3ccccc3)c3ccc4ccccc4c3)cc2O)C([O-])C1c1c(O)cc(N(c2ccccc2)c2ccc3ccccc3c2)cc1O.[O-]C1C(c2c(O)cc(N(c3ccccc3)c3ccccc3)cc2O)C([O-])C1N(c1ccccc1)c1ccccc1.[U]. The monoisotopic (exact) mass is 2000 g/mol. The van der Waals surface area contributed by atoms with Crippen molar-refractivity contribution < 1.29 is 92.4 Å². The van der Waals surface area contributed by atoms with Crippen LogP contribution in [0.1, 0.15) is 34.4 Å². The summed E-state index contributed by atoms with van der Waals surface area (Å²) in [6.45, 7) is 1.75. The zero-order valence-corrected chi connectivity index (χ0v) is 77.5. The van der Waals surface area contributed by atoms with Gasteiger partial charge in [0.15, 0.2) is 0 Å². The summed E-state index contributed by atoms with van der Waals surface area (Å²) in [5.74, 6) is -5.92. The first-order valence-electron chi connectivity index (χ1n) is 43.7. The molecule has 0 aliphatic heterocycles. The molecule has 0 heterocycles. The Balaban J connectivity index is 0.000000148. The second-order valence-corrected chi connectivity index (χ2v) is 33.9. The van der Waals surface area contributed by atoms with Crippen molar-refractivity contribution in [2.24, 2.45) is 0 Å². The number of phenols is 6. The van der Waals surface area contributed by atoms with Crippen LogP contribution in [-0.2, 0) is 11.8 Å². The summed E-state index contributed by atoms with van der Waals surface area (Å²) in [6, 6.07) is 130. The summed E-state index contributed by atoms with van der Waals surface area (Å²) < 4.78 is 6.50. The van der Waals surface area contributed by atoms with Gasteiger partial charge in [0.05, 0.1) is 18.3 Å². The van der Waals surface area contributed by atoms with E-state index in [1.807, 2.05) is 413 Å². The molecule has 0 amide bonds. The van der Waals surface area contributed by atoms with Crippen LogP contribution in [0.15, 0.2) is 425 Å². The van der Waals surface area contributed by atoms with Crippen LogP contribution in [0.2, 0.25) is 0 Å². The van der Waals surface area contributed by atoms with Crippen LogP contribution in [-0.4, -0.2) is 93.3 Å². The Morgan fingerprint density at radius 3 is 0.614 bits per heavy atom. The van der Waals surface area contributed by atoms with Gasteiger partial charge in [-0.3, -0.25) is 0 Å². The molecule has 0 saturated heterocycles. The van der Waals surface area contributed by atoms with Crippen molar-refractivity contribution in [3.05, 3.63) is 441 Å². The number of hydrogen-bond donors (Lipinski definition) is 6. The fourth-order valence-electron chi connectivity index (χ4n) is 18.4. The molecule has 3 aliphatic carbocycles. The molecule has 132 heavy (non-hydrogen) atoms. The van der Waals surface area contributed by atoms with Crippen LogP contribution in [0.25, 0.3) is 21.5 Å². The van der Waals surface area contributed by atoms with Gasteiger partial charge in [0.25, 0.3) is 0 Å². The average Bonchev–Trinajstić information content (AvgIpc) is 0.763. The predicted molar refractivity (Wildman–Crippen MR) is 519 cm³/mol. The van der Waals surface area contributed by atoms with Crippen molar-refractivity contribution in [3.63, 3.8) is 0 Å². The van der Waals surface area contributed by atoms with E-state index < -0.39 is 103 Å². The Morgan fingerprint density at radius 1 is 0.220 bits per heavy atom. The maximum Gasteiger partial charge on any atom is 0.124 e. The third kappa shape index (κ3) is 18.9. The first-order valence-corrected chi connectivity index (χ1v) is 45.8. The summed E-state index contributed by atoms with van der Waals surface area (Å²) in [7, 11) is -1.05. The molecule has 20 rings (SSSR count). The fraction of sp³-hybridized carbons (Fsp3) is 0.117. The van der Waals surface area contributed by atoms with Crippen LogP contribution in [0.4, 0.5) is 85.3 Å². The van der Waals surface area contributed by atoms with Gasteiger partial charge in [0.2, 0.25) is 0 Å². The predicted octanol–water partition coefficient (Wildman–Crippen LogP) is 18.8. The largest absolute Gasteiger partial charge is 0.851 e. The Labute approximate surface area is 798 Å². The van der Waals surface area contributed by atoms with Gasteiger partial charge in [0, 0.05) is 171 Å². The Bertz CT molecular complexity index is 6250. The van der Waals surface area contributed by atoms with Crippen LogP contribution < -0.4 is 60.0 Å². The summed E-state index contributed by atoms with van der Waals surface area (Å²) in [4.78, 5) is 11.2. The second kappa shape index (κ2) is 41.6. The fourth-order valence-corrected chi connectivity index (χ4v) is 18.4. The van der Waals surface area contributed by atoms with E-state index in [1.165, 1.54) is 36.4 Å². The first-order chi connectivity index (χ1) is 64.3. The molecule has 3 atom stereocenters. The summed E-state index contributed by atoms with van der Waals surface area (Å²) in [5.41, 5.74) is 10.7. The molecule has 0 bridgehead atoms. The molecule has 3 aliphatic rings. The van der Waals surface area contributed by atoms with Crippen molar-refractivity contribution in [1.29, 1.82) is 1.28 Å². The molecule has 6 N–H and O–H groups in total. The van der Waals surface area contributed by atoms with E-state index in [2.05, 4.69) is 11.8 Å². The number of phenolic OH excluding ortho intramolecular Hbond substituents is 6. The molecule has 21 heteroatoms. The molecule has 18 nitrogen and oxygen atoms in total. The van der Waals surface area contributed by atoms with E-state index in [1.54, 1.807) is 11.6 Å². The summed E-state index contributed by atoms with van der Waals surface area (Å²) in [6.07, 6.45) is -8.27. The standard InChI is InChI=1S/C48H36N2O6.C34H28N2O4.C28H24N2O2.CH5PS.U/c51-39-25-37(49(33-15-3-1-4-16-33)35-21-19-29-11-7-9-13-31(29)23-35)26-40(52)43(39)45-47(55)46(48(45)56)44-41(53)27-38(28-42(44)54)50(34-17-5-2-6-18-34)36-22-20-30-12-8-10-14-32(30)24-36;37-28-21-27(35(23-13-5-1-6-14-23)24-15-7-2-8-16-24)22-29(38)30(28)31-33(39)32(34(31)40)36(25-17-9-3-10-18-25)26-19-11-4-12-20-26;31-27-25(29(21-13-5-1-6-14-21)22-15-7-2-8-16-22)28(32)26(27)30(23-17-9-3-10-18-23)24-19-11-4-12-20-24;1-2-3;/h1-28,45-48,51-54H;1-22,31-34,37-38H;1-20,25-28H;2H2,1H3;/q3*-2;;/i;;;2D;. The molecular formula is C111H93N6O12PSU-6. The first kappa shape index (κ1) is 90.3. The number of aromatic hydroxyl groups is 6. The molecule has 0 spiro atoms. The van der Waals surface area contributed by atoms with Crippen LogP contribution in [0.5, 0.6) is 34.5 Å². The zero-order valence-electron chi connectivity index (χ0n) is 72.6. The maximum atomic E-state index is 14.0. The van der Waals surface area contributed by atoms with E-state index in [-0.39, 0.29) is 59.3 Å². The molecule has 3 saturated carbocycles. The third-order valence-electron chi connectivity index (χ3n) is 24.4. The minimum atomic E-state index is -1.68. The van der Waals surface area contributed by atoms with Crippen LogP contribution in [0, 0.1) is 31.1 Å². The summed E-state index contributed by atoms with van der Waals surface area (Å²) >= 11 is 4.39. The van der Waals surface area contributed by atoms with Gasteiger partial charge >= 0.3 is 0 Å². The zero-order chi connectivity index (χ0) is 91.6. The second-order valence-electron chi connectivity index (χ2n) is 32.3. The smallest absolute Gasteiger partial charge is 0.124 e. The minimum Gasteiger partial charge on any atom is -0.851 e. The molecule has 3 fully saturated rings. The van der Waals surface area contributed by atoms with Crippen molar-refractivity contribution in [2.75, 3.05) is 36.1 Å². The van der Waals surface area contributed by atoms with Crippen molar-refractivity contribution in [2.45, 2.75) is 72.5 Å². The van der Waals surface area contributed by atoms with Crippen molar-refractivity contribution in [1.82, 2.24) is 0 Å². The molecule has 3 unspecified atom stereocenters. The van der Waals surface area contributed by atoms with Gasteiger partial charge in [-0.15, -0.1) is 24.0 Å². The third-order valence-corrected chi connectivity index (χ3v) is 24.4. The van der Waals surface area contributed by atoms with Gasteiger partial charge < -0.3 is 90.7 Å². The molecule has 17 aromatic rings. The molecule has 0 radical (unpaired) electrons. The van der Waals surface area contributed by atoms with Gasteiger partial charge in [-0.05, 0) is 192 Å². The number of hydrogen-bond acceptors (Lipinski definition) is 19. The Hall–Kier alpha value is -13.7. The van der Waals surface area contributed by atoms with Gasteiger partial charge in [-0.2, -0.15) is 0 Å².